The lowest BCUT2D eigenvalue weighted by atomic mass is 9.78. The summed E-state index contributed by atoms with van der Waals surface area (Å²) < 4.78 is 0. The summed E-state index contributed by atoms with van der Waals surface area (Å²) in [4.78, 5) is 0. The van der Waals surface area contributed by atoms with Crippen LogP contribution in [0.25, 0.3) is 0 Å². The van der Waals surface area contributed by atoms with Gasteiger partial charge in [-0.3, -0.25) is 0 Å². The Morgan fingerprint density at radius 1 is 1.19 bits per heavy atom. The molecule has 1 saturated carbocycles. The van der Waals surface area contributed by atoms with Gasteiger partial charge in [0.15, 0.2) is 0 Å². The van der Waals surface area contributed by atoms with Gasteiger partial charge < -0.3 is 10.6 Å². The van der Waals surface area contributed by atoms with Gasteiger partial charge in [0, 0.05) is 24.7 Å². The van der Waals surface area contributed by atoms with Crippen LogP contribution in [0.1, 0.15) is 58.8 Å². The zero-order valence-electron chi connectivity index (χ0n) is 11.0. The molecule has 2 rings (SSSR count). The molecule has 2 fully saturated rings. The first kappa shape index (κ1) is 12.4. The predicted octanol–water partition coefficient (Wildman–Crippen LogP) is 2.69. The molecular weight excluding hydrogens is 196 g/mol. The highest BCUT2D eigenvalue weighted by molar-refractivity contribution is 4.90. The second-order valence-corrected chi connectivity index (χ2v) is 5.81. The fourth-order valence-corrected chi connectivity index (χ4v) is 3.22. The van der Waals surface area contributed by atoms with E-state index in [1.54, 1.807) is 0 Å². The number of fused-ring (bicyclic) bond motifs is 1. The van der Waals surface area contributed by atoms with Gasteiger partial charge in [-0.25, -0.2) is 0 Å². The smallest absolute Gasteiger partial charge is 0.0195 e. The molecule has 0 radical (unpaired) electrons. The van der Waals surface area contributed by atoms with Gasteiger partial charge in [0.25, 0.3) is 0 Å². The van der Waals surface area contributed by atoms with Crippen molar-refractivity contribution in [3.8, 4) is 0 Å². The minimum absolute atomic E-state index is 0.672. The molecule has 1 aliphatic carbocycles. The molecule has 0 aromatic carbocycles. The molecule has 2 nitrogen and oxygen atoms in total. The van der Waals surface area contributed by atoms with Crippen LogP contribution in [0.2, 0.25) is 0 Å². The van der Waals surface area contributed by atoms with Crippen LogP contribution < -0.4 is 10.6 Å². The average Bonchev–Trinajstić information content (AvgIpc) is 2.35. The Labute approximate surface area is 101 Å². The van der Waals surface area contributed by atoms with Gasteiger partial charge >= 0.3 is 0 Å². The van der Waals surface area contributed by atoms with Crippen molar-refractivity contribution in [2.75, 3.05) is 6.54 Å². The fourth-order valence-electron chi connectivity index (χ4n) is 3.22. The summed E-state index contributed by atoms with van der Waals surface area (Å²) in [7, 11) is 0. The van der Waals surface area contributed by atoms with E-state index in [-0.39, 0.29) is 0 Å². The van der Waals surface area contributed by atoms with E-state index >= 15 is 0 Å². The van der Waals surface area contributed by atoms with Crippen molar-refractivity contribution in [1.82, 2.24) is 10.6 Å². The summed E-state index contributed by atoms with van der Waals surface area (Å²) in [6.45, 7) is 5.70. The number of hydrogen-bond acceptors (Lipinski definition) is 2. The second kappa shape index (κ2) is 6.02. The molecule has 0 bridgehead atoms. The third-order valence-corrected chi connectivity index (χ3v) is 4.57. The number of nitrogens with one attached hydrogen (secondary N) is 2. The van der Waals surface area contributed by atoms with Gasteiger partial charge in [-0.05, 0) is 44.9 Å². The third kappa shape index (κ3) is 3.21. The Morgan fingerprint density at radius 3 is 2.81 bits per heavy atom. The van der Waals surface area contributed by atoms with E-state index < -0.39 is 0 Å². The number of piperidine rings is 1. The van der Waals surface area contributed by atoms with Gasteiger partial charge in [0.05, 0.1) is 0 Å². The molecule has 0 aromatic rings. The first-order valence-electron chi connectivity index (χ1n) is 7.29. The van der Waals surface area contributed by atoms with Crippen molar-refractivity contribution < 1.29 is 0 Å². The molecule has 0 amide bonds. The fraction of sp³-hybridized carbons (Fsp3) is 1.00. The molecule has 2 aliphatic rings. The summed E-state index contributed by atoms with van der Waals surface area (Å²) >= 11 is 0. The minimum Gasteiger partial charge on any atom is -0.313 e. The molecule has 4 atom stereocenters. The van der Waals surface area contributed by atoms with E-state index in [4.69, 9.17) is 0 Å². The SMILES string of the molecule is CCC(C)NCC1CCC2CCCCC2N1. The summed E-state index contributed by atoms with van der Waals surface area (Å²) in [5.74, 6) is 0.994. The van der Waals surface area contributed by atoms with E-state index in [1.807, 2.05) is 0 Å². The maximum Gasteiger partial charge on any atom is 0.0195 e. The summed E-state index contributed by atoms with van der Waals surface area (Å²) in [6, 6.07) is 2.24. The highest BCUT2D eigenvalue weighted by atomic mass is 15.0. The average molecular weight is 224 g/mol. The molecule has 1 saturated heterocycles. The Morgan fingerprint density at radius 2 is 2.00 bits per heavy atom. The van der Waals surface area contributed by atoms with Crippen LogP contribution in [-0.4, -0.2) is 24.7 Å². The molecule has 1 aliphatic heterocycles. The summed E-state index contributed by atoms with van der Waals surface area (Å²) in [5, 5.41) is 7.51. The first-order chi connectivity index (χ1) is 7.79. The van der Waals surface area contributed by atoms with E-state index in [0.717, 1.165) is 24.5 Å². The highest BCUT2D eigenvalue weighted by Crippen LogP contribution is 2.31. The quantitative estimate of drug-likeness (QED) is 0.767. The molecule has 1 heterocycles. The lowest BCUT2D eigenvalue weighted by Crippen LogP contribution is -2.53. The van der Waals surface area contributed by atoms with Crippen LogP contribution >= 0.6 is 0 Å². The van der Waals surface area contributed by atoms with Crippen LogP contribution in [0.4, 0.5) is 0 Å². The van der Waals surface area contributed by atoms with Crippen molar-refractivity contribution >= 4 is 0 Å². The highest BCUT2D eigenvalue weighted by Gasteiger charge is 2.31. The van der Waals surface area contributed by atoms with Crippen LogP contribution in [0.3, 0.4) is 0 Å². The van der Waals surface area contributed by atoms with Gasteiger partial charge in [-0.1, -0.05) is 19.8 Å². The van der Waals surface area contributed by atoms with Crippen molar-refractivity contribution in [2.24, 2.45) is 5.92 Å². The van der Waals surface area contributed by atoms with E-state index in [9.17, 15) is 0 Å². The Balaban J connectivity index is 1.72. The third-order valence-electron chi connectivity index (χ3n) is 4.57. The zero-order chi connectivity index (χ0) is 11.4. The molecule has 94 valence electrons. The molecule has 0 spiro atoms. The van der Waals surface area contributed by atoms with Crippen LogP contribution in [0.5, 0.6) is 0 Å². The second-order valence-electron chi connectivity index (χ2n) is 5.81. The maximum absolute atomic E-state index is 3.87. The van der Waals surface area contributed by atoms with Crippen LogP contribution in [0, 0.1) is 5.92 Å². The summed E-state index contributed by atoms with van der Waals surface area (Å²) in [6.07, 6.45) is 9.89. The normalized spacial score (nSPS) is 36.8. The monoisotopic (exact) mass is 224 g/mol. The molecule has 0 aromatic heterocycles. The Hall–Kier alpha value is -0.0800. The van der Waals surface area contributed by atoms with Crippen molar-refractivity contribution in [3.63, 3.8) is 0 Å². The Kier molecular flexibility index (Phi) is 4.66. The maximum atomic E-state index is 3.87. The zero-order valence-corrected chi connectivity index (χ0v) is 11.0. The largest absolute Gasteiger partial charge is 0.313 e. The van der Waals surface area contributed by atoms with Gasteiger partial charge in [-0.2, -0.15) is 0 Å². The lowest BCUT2D eigenvalue weighted by molar-refractivity contribution is 0.173. The summed E-state index contributed by atoms with van der Waals surface area (Å²) in [5.41, 5.74) is 0. The van der Waals surface area contributed by atoms with Gasteiger partial charge in [-0.15, -0.1) is 0 Å². The predicted molar refractivity (Wildman–Crippen MR) is 69.7 cm³/mol. The van der Waals surface area contributed by atoms with E-state index in [2.05, 4.69) is 24.5 Å². The van der Waals surface area contributed by atoms with E-state index in [1.165, 1.54) is 44.9 Å². The lowest BCUT2D eigenvalue weighted by Gasteiger charge is -2.40. The molecular formula is C14H28N2. The van der Waals surface area contributed by atoms with Gasteiger partial charge in [0.1, 0.15) is 0 Å². The number of rotatable bonds is 4. The van der Waals surface area contributed by atoms with E-state index in [0.29, 0.717) is 6.04 Å². The van der Waals surface area contributed by atoms with Crippen LogP contribution in [-0.2, 0) is 0 Å². The molecule has 16 heavy (non-hydrogen) atoms. The first-order valence-corrected chi connectivity index (χ1v) is 7.29. The Bertz CT molecular complexity index is 205. The van der Waals surface area contributed by atoms with Crippen molar-refractivity contribution in [2.45, 2.75) is 76.9 Å². The van der Waals surface area contributed by atoms with Crippen molar-refractivity contribution in [1.29, 1.82) is 0 Å². The van der Waals surface area contributed by atoms with Crippen LogP contribution in [0.15, 0.2) is 0 Å². The number of hydrogen-bond donors (Lipinski definition) is 2. The molecule has 2 heteroatoms. The molecule has 2 N–H and O–H groups in total. The molecule has 4 unspecified atom stereocenters. The topological polar surface area (TPSA) is 24.1 Å². The van der Waals surface area contributed by atoms with Gasteiger partial charge in [0.2, 0.25) is 0 Å². The van der Waals surface area contributed by atoms with Crippen molar-refractivity contribution in [3.05, 3.63) is 0 Å². The minimum atomic E-state index is 0.672. The standard InChI is InChI=1S/C14H28N2/c1-3-11(2)15-10-13-9-8-12-6-4-5-7-14(12)16-13/h11-16H,3-10H2,1-2H3.